The van der Waals surface area contributed by atoms with Crippen LogP contribution in [0.4, 0.5) is 0 Å². The molecule has 0 aliphatic heterocycles. The van der Waals surface area contributed by atoms with Gasteiger partial charge in [0.05, 0.1) is 5.41 Å². The number of benzene rings is 4. The van der Waals surface area contributed by atoms with Gasteiger partial charge >= 0.3 is 0 Å². The van der Waals surface area contributed by atoms with Crippen LogP contribution in [-0.2, 0) is 5.41 Å². The van der Waals surface area contributed by atoms with Crippen molar-refractivity contribution in [3.63, 3.8) is 0 Å². The second-order valence-electron chi connectivity index (χ2n) is 9.64. The molecule has 4 aromatic carbocycles. The Morgan fingerprint density at radius 3 is 1.37 bits per heavy atom. The van der Waals surface area contributed by atoms with Crippen LogP contribution in [0.15, 0.2) is 60.7 Å². The Labute approximate surface area is 206 Å². The van der Waals surface area contributed by atoms with E-state index in [9.17, 15) is 20.4 Å². The average molecular weight is 469 g/mol. The Bertz CT molecular complexity index is 1350. The van der Waals surface area contributed by atoms with Crippen LogP contribution in [0.2, 0.25) is 0 Å². The van der Waals surface area contributed by atoms with Crippen molar-refractivity contribution in [3.8, 4) is 23.0 Å². The van der Waals surface area contributed by atoms with Gasteiger partial charge in [-0.1, -0.05) is 48.5 Å². The summed E-state index contributed by atoms with van der Waals surface area (Å²) < 4.78 is 0. The largest absolute Gasteiger partial charge is 0.508 e. The maximum absolute atomic E-state index is 11.3. The topological polar surface area (TPSA) is 80.9 Å². The maximum atomic E-state index is 11.3. The van der Waals surface area contributed by atoms with Crippen LogP contribution in [0.25, 0.3) is 0 Å². The average Bonchev–Trinajstić information content (AvgIpc) is 2.80. The van der Waals surface area contributed by atoms with E-state index in [-0.39, 0.29) is 23.0 Å². The number of hydrogen-bond donors (Lipinski definition) is 4. The molecule has 35 heavy (non-hydrogen) atoms. The molecule has 4 nitrogen and oxygen atoms in total. The zero-order valence-corrected chi connectivity index (χ0v) is 21.1. The summed E-state index contributed by atoms with van der Waals surface area (Å²) in [6.07, 6.45) is 0. The molecule has 0 aromatic heterocycles. The van der Waals surface area contributed by atoms with Gasteiger partial charge in [0.25, 0.3) is 0 Å². The lowest BCUT2D eigenvalue weighted by Crippen LogP contribution is -2.32. The van der Waals surface area contributed by atoms with E-state index in [4.69, 9.17) is 0 Å². The second kappa shape index (κ2) is 8.70. The first-order valence-electron chi connectivity index (χ1n) is 11.7. The summed E-state index contributed by atoms with van der Waals surface area (Å²) in [6.45, 7) is 11.3. The van der Waals surface area contributed by atoms with Crippen LogP contribution in [0.3, 0.4) is 0 Å². The summed E-state index contributed by atoms with van der Waals surface area (Å²) >= 11 is 0. The van der Waals surface area contributed by atoms with Gasteiger partial charge in [-0.25, -0.2) is 0 Å². The van der Waals surface area contributed by atoms with Crippen molar-refractivity contribution in [2.24, 2.45) is 0 Å². The molecule has 0 radical (unpaired) electrons. The lowest BCUT2D eigenvalue weighted by molar-refractivity contribution is 0.457. The highest BCUT2D eigenvalue weighted by Crippen LogP contribution is 2.51. The number of rotatable bonds is 4. The van der Waals surface area contributed by atoms with Crippen molar-refractivity contribution >= 4 is 0 Å². The molecule has 0 saturated carbocycles. The maximum Gasteiger partial charge on any atom is 0.121 e. The van der Waals surface area contributed by atoms with Gasteiger partial charge in [-0.05, 0) is 104 Å². The van der Waals surface area contributed by atoms with Gasteiger partial charge in [-0.3, -0.25) is 0 Å². The van der Waals surface area contributed by atoms with Crippen molar-refractivity contribution < 1.29 is 20.4 Å². The first-order valence-corrected chi connectivity index (χ1v) is 11.7. The lowest BCUT2D eigenvalue weighted by Gasteiger charge is -2.39. The SMILES string of the molecule is Cc1cc(C(c2cc(C)c(O)c(C)c2)(c2cc(C)c(O)c(C)c2)c2ccccc2O)c(C)cc1O. The van der Waals surface area contributed by atoms with E-state index >= 15 is 0 Å². The minimum absolute atomic E-state index is 0.129. The Hall–Kier alpha value is -3.92. The van der Waals surface area contributed by atoms with E-state index in [1.165, 1.54) is 0 Å². The van der Waals surface area contributed by atoms with Gasteiger partial charge in [-0.2, -0.15) is 0 Å². The molecule has 4 heteroatoms. The number of para-hydroxylation sites is 1. The van der Waals surface area contributed by atoms with Crippen LogP contribution in [-0.4, -0.2) is 20.4 Å². The summed E-state index contributed by atoms with van der Waals surface area (Å²) in [5.74, 6) is 0.797. The second-order valence-corrected chi connectivity index (χ2v) is 9.64. The number of aryl methyl sites for hydroxylation is 6. The number of hydrogen-bond acceptors (Lipinski definition) is 4. The smallest absolute Gasteiger partial charge is 0.121 e. The molecule has 0 unspecified atom stereocenters. The normalized spacial score (nSPS) is 11.6. The molecular formula is C31H32O4. The predicted molar refractivity (Wildman–Crippen MR) is 140 cm³/mol. The molecule has 0 aliphatic rings. The molecule has 0 fully saturated rings. The van der Waals surface area contributed by atoms with E-state index in [1.54, 1.807) is 18.2 Å². The van der Waals surface area contributed by atoms with Gasteiger partial charge in [-0.15, -0.1) is 0 Å². The Morgan fingerprint density at radius 1 is 0.457 bits per heavy atom. The molecule has 0 amide bonds. The molecule has 0 atom stereocenters. The minimum atomic E-state index is -1.000. The Balaban J connectivity index is 2.32. The predicted octanol–water partition coefficient (Wildman–Crippen LogP) is 6.74. The van der Waals surface area contributed by atoms with Gasteiger partial charge < -0.3 is 20.4 Å². The zero-order chi connectivity index (χ0) is 25.7. The molecule has 0 spiro atoms. The zero-order valence-electron chi connectivity index (χ0n) is 21.1. The van der Waals surface area contributed by atoms with Crippen molar-refractivity contribution in [2.45, 2.75) is 47.0 Å². The van der Waals surface area contributed by atoms with Gasteiger partial charge in [0.2, 0.25) is 0 Å². The third kappa shape index (κ3) is 3.79. The van der Waals surface area contributed by atoms with Gasteiger partial charge in [0.1, 0.15) is 23.0 Å². The molecule has 0 aliphatic carbocycles. The van der Waals surface area contributed by atoms with E-state index in [2.05, 4.69) is 0 Å². The fourth-order valence-electron chi connectivity index (χ4n) is 5.27. The van der Waals surface area contributed by atoms with Crippen LogP contribution in [0.5, 0.6) is 23.0 Å². The molecule has 4 aromatic rings. The van der Waals surface area contributed by atoms with Crippen LogP contribution in [0, 0.1) is 41.5 Å². The third-order valence-corrected chi connectivity index (χ3v) is 7.10. The van der Waals surface area contributed by atoms with E-state index in [0.717, 1.165) is 44.5 Å². The Kier molecular flexibility index (Phi) is 6.02. The molecule has 180 valence electrons. The lowest BCUT2D eigenvalue weighted by atomic mass is 9.62. The number of phenols is 4. The minimum Gasteiger partial charge on any atom is -0.508 e. The first kappa shape index (κ1) is 24.2. The molecule has 4 N–H and O–H groups in total. The fraction of sp³-hybridized carbons (Fsp3) is 0.226. The summed E-state index contributed by atoms with van der Waals surface area (Å²) in [7, 11) is 0. The quantitative estimate of drug-likeness (QED) is 0.250. The van der Waals surface area contributed by atoms with Crippen molar-refractivity contribution in [1.82, 2.24) is 0 Å². The monoisotopic (exact) mass is 468 g/mol. The first-order chi connectivity index (χ1) is 16.5. The summed E-state index contributed by atoms with van der Waals surface area (Å²) in [5.41, 5.74) is 6.74. The number of phenolic OH excluding ortho intramolecular Hbond substituents is 4. The van der Waals surface area contributed by atoms with E-state index in [1.807, 2.05) is 84.0 Å². The third-order valence-electron chi connectivity index (χ3n) is 7.10. The summed E-state index contributed by atoms with van der Waals surface area (Å²) in [5, 5.41) is 43.0. The van der Waals surface area contributed by atoms with Crippen molar-refractivity contribution in [1.29, 1.82) is 0 Å². The van der Waals surface area contributed by atoms with Gasteiger partial charge in [0, 0.05) is 5.56 Å². The van der Waals surface area contributed by atoms with Crippen molar-refractivity contribution in [2.75, 3.05) is 0 Å². The van der Waals surface area contributed by atoms with Crippen LogP contribution < -0.4 is 0 Å². The molecule has 4 rings (SSSR count). The van der Waals surface area contributed by atoms with Gasteiger partial charge in [0.15, 0.2) is 0 Å². The molecular weight excluding hydrogens is 436 g/mol. The standard InChI is InChI=1S/C31H32O4/c1-17-16-28(33)18(2)15-26(17)31(25-9-7-8-10-27(25)32,23-11-19(3)29(34)20(4)12-23)24-13-21(5)30(35)22(6)14-24/h7-16,32-35H,1-6H3. The van der Waals surface area contributed by atoms with Crippen molar-refractivity contribution in [3.05, 3.63) is 116 Å². The highest BCUT2D eigenvalue weighted by atomic mass is 16.3. The molecule has 0 heterocycles. The highest BCUT2D eigenvalue weighted by molar-refractivity contribution is 5.68. The number of aromatic hydroxyl groups is 4. The summed E-state index contributed by atoms with van der Waals surface area (Å²) in [4.78, 5) is 0. The highest BCUT2D eigenvalue weighted by Gasteiger charge is 2.42. The van der Waals surface area contributed by atoms with Crippen LogP contribution in [0.1, 0.15) is 55.6 Å². The van der Waals surface area contributed by atoms with Crippen LogP contribution >= 0.6 is 0 Å². The molecule has 0 bridgehead atoms. The van der Waals surface area contributed by atoms with E-state index < -0.39 is 5.41 Å². The fourth-order valence-corrected chi connectivity index (χ4v) is 5.27. The summed E-state index contributed by atoms with van der Waals surface area (Å²) in [6, 6.07) is 18.8. The Morgan fingerprint density at radius 2 is 0.914 bits per heavy atom. The molecule has 0 saturated heterocycles. The van der Waals surface area contributed by atoms with E-state index in [0.29, 0.717) is 11.1 Å².